The number of aromatic nitrogens is 1. The van der Waals surface area contributed by atoms with Gasteiger partial charge in [0.25, 0.3) is 0 Å². The Balaban J connectivity index is 1.26. The third-order valence-electron chi connectivity index (χ3n) is 7.55. The Morgan fingerprint density at radius 1 is 1.09 bits per heavy atom. The Hall–Kier alpha value is -2.44. The molecule has 0 spiro atoms. The van der Waals surface area contributed by atoms with Gasteiger partial charge in [-0.3, -0.25) is 9.69 Å². The smallest absolute Gasteiger partial charge is 0.227 e. The van der Waals surface area contributed by atoms with Crippen molar-refractivity contribution >= 4 is 39.0 Å². The van der Waals surface area contributed by atoms with Crippen LogP contribution < -0.4 is 9.80 Å². The minimum absolute atomic E-state index is 0.122. The second-order valence-electron chi connectivity index (χ2n) is 11.3. The molecule has 0 N–H and O–H groups in total. The molecule has 1 amide bonds. The third kappa shape index (κ3) is 4.83. The number of rotatable bonds is 6. The number of fused-ring (bicyclic) bond motifs is 2. The molecular weight excluding hydrogens is 452 g/mol. The number of amides is 1. The maximum Gasteiger partial charge on any atom is 0.227 e. The molecule has 2 aliphatic rings. The molecule has 1 aromatic heterocycles. The fourth-order valence-corrected chi connectivity index (χ4v) is 6.49. The molecule has 0 bridgehead atoms. The average Bonchev–Trinajstić information content (AvgIpc) is 3.24. The van der Waals surface area contributed by atoms with Crippen LogP contribution in [0.4, 0.5) is 11.5 Å². The number of aryl methyl sites for hydroxylation is 1. The minimum atomic E-state index is -0.122. The van der Waals surface area contributed by atoms with Gasteiger partial charge in [-0.2, -0.15) is 4.37 Å². The summed E-state index contributed by atoms with van der Waals surface area (Å²) in [6, 6.07) is 13.3. The maximum absolute atomic E-state index is 13.0. The molecule has 2 aliphatic heterocycles. The molecule has 0 atom stereocenters. The van der Waals surface area contributed by atoms with Crippen LogP contribution in [0.3, 0.4) is 0 Å². The van der Waals surface area contributed by atoms with E-state index in [1.54, 1.807) is 11.5 Å². The molecule has 3 heterocycles. The van der Waals surface area contributed by atoms with Crippen molar-refractivity contribution in [3.05, 3.63) is 53.1 Å². The summed E-state index contributed by atoms with van der Waals surface area (Å²) in [7, 11) is 0. The monoisotopic (exact) mass is 490 g/mol. The van der Waals surface area contributed by atoms with Crippen molar-refractivity contribution in [3.63, 3.8) is 0 Å². The van der Waals surface area contributed by atoms with Gasteiger partial charge >= 0.3 is 0 Å². The average molecular weight is 491 g/mol. The molecule has 5 nitrogen and oxygen atoms in total. The van der Waals surface area contributed by atoms with Gasteiger partial charge in [-0.1, -0.05) is 52.0 Å². The summed E-state index contributed by atoms with van der Waals surface area (Å²) >= 11 is 1.60. The molecule has 35 heavy (non-hydrogen) atoms. The number of nitrogens with zero attached hydrogens (tertiary/aromatic N) is 4. The number of hydrogen-bond donors (Lipinski definition) is 0. The summed E-state index contributed by atoms with van der Waals surface area (Å²) in [4.78, 5) is 20.0. The van der Waals surface area contributed by atoms with E-state index in [-0.39, 0.29) is 11.3 Å². The molecule has 3 aromatic rings. The first-order valence-corrected chi connectivity index (χ1v) is 13.8. The van der Waals surface area contributed by atoms with Crippen molar-refractivity contribution in [2.24, 2.45) is 5.92 Å². The lowest BCUT2D eigenvalue weighted by Gasteiger charge is -2.41. The van der Waals surface area contributed by atoms with Crippen LogP contribution >= 0.6 is 11.5 Å². The van der Waals surface area contributed by atoms with Crippen LogP contribution in [-0.4, -0.2) is 54.4 Å². The second-order valence-corrected chi connectivity index (χ2v) is 12.2. The number of benzene rings is 2. The molecule has 1 saturated heterocycles. The number of hydrogen-bond acceptors (Lipinski definition) is 5. The first-order chi connectivity index (χ1) is 16.7. The SMILES string of the molecule is Cc1cc(CCN2CCN(c3nsc4ccccc34)CC2)cc2c1N(CC(C)C)C(=O)CC2(C)C. The Morgan fingerprint density at radius 3 is 2.57 bits per heavy atom. The molecule has 5 rings (SSSR count). The van der Waals surface area contributed by atoms with Crippen molar-refractivity contribution < 1.29 is 4.79 Å². The lowest BCUT2D eigenvalue weighted by Crippen LogP contribution is -2.47. The van der Waals surface area contributed by atoms with Gasteiger partial charge < -0.3 is 9.80 Å². The molecule has 0 aliphatic carbocycles. The minimum Gasteiger partial charge on any atom is -0.353 e. The van der Waals surface area contributed by atoms with Gasteiger partial charge in [0.15, 0.2) is 0 Å². The molecule has 0 unspecified atom stereocenters. The highest BCUT2D eigenvalue weighted by molar-refractivity contribution is 7.13. The molecule has 1 fully saturated rings. The number of piperazine rings is 1. The van der Waals surface area contributed by atoms with E-state index in [0.717, 1.165) is 57.2 Å². The highest BCUT2D eigenvalue weighted by Gasteiger charge is 2.38. The van der Waals surface area contributed by atoms with Crippen LogP contribution in [0.2, 0.25) is 0 Å². The van der Waals surface area contributed by atoms with E-state index in [4.69, 9.17) is 4.37 Å². The fraction of sp³-hybridized carbons (Fsp3) is 0.517. The zero-order valence-electron chi connectivity index (χ0n) is 21.8. The number of anilines is 2. The van der Waals surface area contributed by atoms with Gasteiger partial charge in [0.05, 0.1) is 10.4 Å². The van der Waals surface area contributed by atoms with Crippen LogP contribution in [0.25, 0.3) is 10.1 Å². The summed E-state index contributed by atoms with van der Waals surface area (Å²) in [5.41, 5.74) is 5.00. The normalized spacial score (nSPS) is 18.5. The van der Waals surface area contributed by atoms with Gasteiger partial charge in [0.2, 0.25) is 5.91 Å². The Bertz CT molecular complexity index is 1220. The molecular formula is C29H38N4OS. The Morgan fingerprint density at radius 2 is 1.83 bits per heavy atom. The van der Waals surface area contributed by atoms with Crippen LogP contribution in [-0.2, 0) is 16.6 Å². The molecule has 186 valence electrons. The topological polar surface area (TPSA) is 39.7 Å². The quantitative estimate of drug-likeness (QED) is 0.448. The molecule has 0 radical (unpaired) electrons. The van der Waals surface area contributed by atoms with Crippen molar-refractivity contribution in [1.29, 1.82) is 0 Å². The van der Waals surface area contributed by atoms with Crippen LogP contribution in [0.15, 0.2) is 36.4 Å². The lowest BCUT2D eigenvalue weighted by atomic mass is 9.75. The van der Waals surface area contributed by atoms with Crippen molar-refractivity contribution in [2.75, 3.05) is 49.1 Å². The summed E-state index contributed by atoms with van der Waals surface area (Å²) in [6.45, 7) is 17.0. The first-order valence-electron chi connectivity index (χ1n) is 13.0. The van der Waals surface area contributed by atoms with E-state index in [2.05, 4.69) is 80.8 Å². The van der Waals surface area contributed by atoms with Crippen molar-refractivity contribution in [1.82, 2.24) is 9.27 Å². The van der Waals surface area contributed by atoms with E-state index in [9.17, 15) is 4.79 Å². The maximum atomic E-state index is 13.0. The van der Waals surface area contributed by atoms with Gasteiger partial charge in [0.1, 0.15) is 5.82 Å². The predicted octanol–water partition coefficient (Wildman–Crippen LogP) is 5.64. The van der Waals surface area contributed by atoms with Crippen molar-refractivity contribution in [2.45, 2.75) is 52.9 Å². The van der Waals surface area contributed by atoms with E-state index in [1.807, 2.05) is 4.90 Å². The van der Waals surface area contributed by atoms with Gasteiger partial charge in [-0.25, -0.2) is 0 Å². The van der Waals surface area contributed by atoms with Crippen LogP contribution in [0.1, 0.15) is 50.8 Å². The van der Waals surface area contributed by atoms with Crippen molar-refractivity contribution in [3.8, 4) is 0 Å². The highest BCUT2D eigenvalue weighted by Crippen LogP contribution is 2.43. The van der Waals surface area contributed by atoms with Gasteiger partial charge in [-0.15, -0.1) is 0 Å². The first kappa shape index (κ1) is 24.3. The van der Waals surface area contributed by atoms with Crippen LogP contribution in [0.5, 0.6) is 0 Å². The summed E-state index contributed by atoms with van der Waals surface area (Å²) in [5.74, 6) is 1.86. The summed E-state index contributed by atoms with van der Waals surface area (Å²) < 4.78 is 6.02. The zero-order valence-corrected chi connectivity index (χ0v) is 22.6. The van der Waals surface area contributed by atoms with E-state index < -0.39 is 0 Å². The summed E-state index contributed by atoms with van der Waals surface area (Å²) in [5, 5.41) is 1.28. The van der Waals surface area contributed by atoms with E-state index in [1.165, 1.54) is 26.8 Å². The number of carbonyl (C=O) groups is 1. The highest BCUT2D eigenvalue weighted by atomic mass is 32.1. The standard InChI is InChI=1S/C29H38N4OS/c1-20(2)19-33-26(34)18-29(4,5)24-17-22(16-21(3)27(24)33)10-11-31-12-14-32(15-13-31)28-23-8-6-7-9-25(23)35-30-28/h6-9,16-17,20H,10-15,18-19H2,1-5H3. The van der Waals surface area contributed by atoms with E-state index >= 15 is 0 Å². The second kappa shape index (κ2) is 9.55. The summed E-state index contributed by atoms with van der Waals surface area (Å²) in [6.07, 6.45) is 1.63. The Labute approximate surface area is 213 Å². The molecule has 2 aromatic carbocycles. The largest absolute Gasteiger partial charge is 0.353 e. The number of carbonyl (C=O) groups excluding carboxylic acids is 1. The molecule has 6 heteroatoms. The Kier molecular flexibility index (Phi) is 6.62. The van der Waals surface area contributed by atoms with Crippen LogP contribution in [0, 0.1) is 12.8 Å². The zero-order chi connectivity index (χ0) is 24.7. The van der Waals surface area contributed by atoms with E-state index in [0.29, 0.717) is 12.3 Å². The fourth-order valence-electron chi connectivity index (χ4n) is 5.70. The third-order valence-corrected chi connectivity index (χ3v) is 8.37. The molecule has 0 saturated carbocycles. The lowest BCUT2D eigenvalue weighted by molar-refractivity contribution is -0.120. The predicted molar refractivity (Wildman–Crippen MR) is 148 cm³/mol. The van der Waals surface area contributed by atoms with Gasteiger partial charge in [-0.05, 0) is 59.6 Å². The van der Waals surface area contributed by atoms with Gasteiger partial charge in [0, 0.05) is 56.5 Å².